The number of aromatic amines is 1. The monoisotopic (exact) mass is 346 g/mol. The van der Waals surface area contributed by atoms with E-state index >= 15 is 0 Å². The Balaban J connectivity index is 1.71. The lowest BCUT2D eigenvalue weighted by atomic mass is 10.2. The van der Waals surface area contributed by atoms with Gasteiger partial charge in [-0.25, -0.2) is 10.4 Å². The molecular weight excluding hydrogens is 324 g/mol. The van der Waals surface area contributed by atoms with Gasteiger partial charge in [0.05, 0.1) is 11.8 Å². The third-order valence-corrected chi connectivity index (χ3v) is 5.54. The minimum Gasteiger partial charge on any atom is -0.309 e. The summed E-state index contributed by atoms with van der Waals surface area (Å²) in [4.78, 5) is 33.2. The Labute approximate surface area is 144 Å². The molecule has 128 valence electrons. The number of hydrogen-bond donors (Lipinski definition) is 2. The van der Waals surface area contributed by atoms with E-state index in [4.69, 9.17) is 0 Å². The predicted molar refractivity (Wildman–Crippen MR) is 96.7 cm³/mol. The maximum absolute atomic E-state index is 12.2. The molecule has 1 amide bonds. The van der Waals surface area contributed by atoms with Crippen LogP contribution in [0.2, 0.25) is 0 Å². The Hall–Kier alpha value is -2.02. The molecule has 2 aromatic heterocycles. The first-order valence-electron chi connectivity index (χ1n) is 8.38. The van der Waals surface area contributed by atoms with Crippen molar-refractivity contribution in [2.45, 2.75) is 58.8 Å². The molecule has 2 aromatic rings. The molecule has 1 aliphatic rings. The smallest absolute Gasteiger partial charge is 0.259 e. The Morgan fingerprint density at radius 2 is 1.96 bits per heavy atom. The number of carbonyl (C=O) groups is 1. The first-order chi connectivity index (χ1) is 11.5. The number of carbonyl (C=O) groups excluding carboxylic acids is 1. The molecule has 0 saturated heterocycles. The number of nitrogens with zero attached hydrogens (tertiary/aromatic N) is 2. The van der Waals surface area contributed by atoms with Crippen molar-refractivity contribution in [1.82, 2.24) is 15.4 Å². The van der Waals surface area contributed by atoms with E-state index in [9.17, 15) is 9.59 Å². The van der Waals surface area contributed by atoms with Crippen LogP contribution in [-0.2, 0) is 11.2 Å². The molecule has 1 aliphatic carbocycles. The van der Waals surface area contributed by atoms with E-state index in [1.807, 2.05) is 13.8 Å². The number of amides is 1. The van der Waals surface area contributed by atoms with Gasteiger partial charge in [-0.15, -0.1) is 11.3 Å². The van der Waals surface area contributed by atoms with Crippen LogP contribution in [0.4, 0.5) is 0 Å². The Kier molecular flexibility index (Phi) is 5.08. The highest BCUT2D eigenvalue weighted by Gasteiger charge is 2.14. The van der Waals surface area contributed by atoms with Gasteiger partial charge < -0.3 is 4.98 Å². The second-order valence-electron chi connectivity index (χ2n) is 6.28. The van der Waals surface area contributed by atoms with Gasteiger partial charge >= 0.3 is 0 Å². The molecule has 0 aliphatic heterocycles. The largest absolute Gasteiger partial charge is 0.309 e. The maximum atomic E-state index is 12.2. The van der Waals surface area contributed by atoms with Crippen LogP contribution in [0.5, 0.6) is 0 Å². The minimum atomic E-state index is -0.251. The Bertz CT molecular complexity index is 840. The molecule has 3 rings (SSSR count). The fraction of sp³-hybridized carbons (Fsp3) is 0.529. The molecule has 0 radical (unpaired) electrons. The number of aryl methyl sites for hydroxylation is 2. The highest BCUT2D eigenvalue weighted by Crippen LogP contribution is 2.25. The summed E-state index contributed by atoms with van der Waals surface area (Å²) in [6, 6.07) is 0. The summed E-state index contributed by atoms with van der Waals surface area (Å²) in [5, 5.41) is 4.87. The third kappa shape index (κ3) is 3.72. The molecule has 0 bridgehead atoms. The number of aromatic nitrogens is 2. The number of hydrazone groups is 1. The first kappa shape index (κ1) is 16.8. The van der Waals surface area contributed by atoms with Crippen molar-refractivity contribution >= 4 is 33.2 Å². The minimum absolute atomic E-state index is 0.0257. The van der Waals surface area contributed by atoms with Crippen molar-refractivity contribution in [1.29, 1.82) is 0 Å². The third-order valence-electron chi connectivity index (χ3n) is 4.44. The predicted octanol–water partition coefficient (Wildman–Crippen LogP) is 2.97. The number of fused-ring (bicyclic) bond motifs is 1. The van der Waals surface area contributed by atoms with Crippen LogP contribution in [0.15, 0.2) is 9.90 Å². The number of nitrogens with one attached hydrogen (secondary N) is 2. The van der Waals surface area contributed by atoms with Crippen molar-refractivity contribution in [2.75, 3.05) is 0 Å². The Morgan fingerprint density at radius 1 is 1.25 bits per heavy atom. The Morgan fingerprint density at radius 3 is 2.67 bits per heavy atom. The molecule has 2 heterocycles. The van der Waals surface area contributed by atoms with Gasteiger partial charge in [0.25, 0.3) is 5.56 Å². The van der Waals surface area contributed by atoms with E-state index in [1.54, 1.807) is 0 Å². The fourth-order valence-electron chi connectivity index (χ4n) is 2.96. The van der Waals surface area contributed by atoms with E-state index in [1.165, 1.54) is 24.2 Å². The zero-order valence-electron chi connectivity index (χ0n) is 14.1. The van der Waals surface area contributed by atoms with E-state index in [-0.39, 0.29) is 17.9 Å². The van der Waals surface area contributed by atoms with Gasteiger partial charge in [-0.1, -0.05) is 12.8 Å². The highest BCUT2D eigenvalue weighted by molar-refractivity contribution is 7.18. The zero-order valence-corrected chi connectivity index (χ0v) is 14.9. The average Bonchev–Trinajstić information content (AvgIpc) is 2.72. The number of H-pyrrole nitrogens is 1. The van der Waals surface area contributed by atoms with E-state index < -0.39 is 0 Å². The summed E-state index contributed by atoms with van der Waals surface area (Å²) in [6.45, 7) is 3.89. The van der Waals surface area contributed by atoms with Crippen LogP contribution in [0, 0.1) is 13.8 Å². The molecule has 6 nitrogen and oxygen atoms in total. The summed E-state index contributed by atoms with van der Waals surface area (Å²) in [5.74, 6) is 0.131. The van der Waals surface area contributed by atoms with Gasteiger partial charge in [0, 0.05) is 10.6 Å². The average molecular weight is 346 g/mol. The highest BCUT2D eigenvalue weighted by atomic mass is 32.1. The molecule has 1 saturated carbocycles. The second kappa shape index (κ2) is 7.25. The maximum Gasteiger partial charge on any atom is 0.259 e. The molecule has 0 atom stereocenters. The normalized spacial score (nSPS) is 15.3. The lowest BCUT2D eigenvalue weighted by molar-refractivity contribution is -0.120. The summed E-state index contributed by atoms with van der Waals surface area (Å²) < 4.78 is 0. The van der Waals surface area contributed by atoms with Gasteiger partial charge in [0.2, 0.25) is 5.91 Å². The molecular formula is C17H22N4O2S. The topological polar surface area (TPSA) is 87.2 Å². The number of thiophene rings is 1. The van der Waals surface area contributed by atoms with Crippen molar-refractivity contribution in [3.63, 3.8) is 0 Å². The van der Waals surface area contributed by atoms with E-state index in [0.29, 0.717) is 16.0 Å². The van der Waals surface area contributed by atoms with Gasteiger partial charge in [0.1, 0.15) is 10.7 Å². The number of hydrogen-bond acceptors (Lipinski definition) is 5. The second-order valence-corrected chi connectivity index (χ2v) is 7.48. The van der Waals surface area contributed by atoms with Crippen LogP contribution in [0.25, 0.3) is 10.2 Å². The van der Waals surface area contributed by atoms with Crippen LogP contribution in [0.1, 0.15) is 54.8 Å². The van der Waals surface area contributed by atoms with Crippen LogP contribution in [-0.4, -0.2) is 21.6 Å². The molecule has 1 fully saturated rings. The lowest BCUT2D eigenvalue weighted by Crippen LogP contribution is -2.24. The van der Waals surface area contributed by atoms with Crippen molar-refractivity contribution in [2.24, 2.45) is 5.10 Å². The summed E-state index contributed by atoms with van der Waals surface area (Å²) in [5.41, 5.74) is 4.44. The van der Waals surface area contributed by atoms with Crippen LogP contribution in [0.3, 0.4) is 0 Å². The van der Waals surface area contributed by atoms with Crippen molar-refractivity contribution in [3.05, 3.63) is 26.6 Å². The van der Waals surface area contributed by atoms with Crippen LogP contribution < -0.4 is 11.0 Å². The van der Waals surface area contributed by atoms with Gasteiger partial charge in [-0.3, -0.25) is 9.59 Å². The van der Waals surface area contributed by atoms with Crippen LogP contribution >= 0.6 is 11.3 Å². The first-order valence-corrected chi connectivity index (χ1v) is 9.19. The molecule has 0 spiro atoms. The lowest BCUT2D eigenvalue weighted by Gasteiger charge is -2.04. The van der Waals surface area contributed by atoms with Gasteiger partial charge in [0.15, 0.2) is 0 Å². The van der Waals surface area contributed by atoms with E-state index in [0.717, 1.165) is 41.8 Å². The van der Waals surface area contributed by atoms with Crippen molar-refractivity contribution < 1.29 is 4.79 Å². The van der Waals surface area contributed by atoms with Crippen molar-refractivity contribution in [3.8, 4) is 0 Å². The molecule has 24 heavy (non-hydrogen) atoms. The van der Waals surface area contributed by atoms with Gasteiger partial charge in [-0.2, -0.15) is 5.10 Å². The SMILES string of the molecule is Cc1sc2nc(CC(=O)NN=C3CCCCCC3)[nH]c(=O)c2c1C. The van der Waals surface area contributed by atoms with E-state index in [2.05, 4.69) is 20.5 Å². The molecule has 0 aromatic carbocycles. The fourth-order valence-corrected chi connectivity index (χ4v) is 4.01. The van der Waals surface area contributed by atoms with Gasteiger partial charge in [-0.05, 0) is 45.1 Å². The number of rotatable bonds is 3. The quantitative estimate of drug-likeness (QED) is 0.661. The summed E-state index contributed by atoms with van der Waals surface area (Å²) >= 11 is 1.48. The molecule has 2 N–H and O–H groups in total. The molecule has 0 unspecified atom stereocenters. The summed E-state index contributed by atoms with van der Waals surface area (Å²) in [7, 11) is 0. The molecule has 7 heteroatoms. The standard InChI is InChI=1S/C17H22N4O2S/c1-10-11(2)24-17-15(10)16(23)18-13(19-17)9-14(22)21-20-12-7-5-3-4-6-8-12/h3-9H2,1-2H3,(H,21,22)(H,18,19,23). The zero-order chi connectivity index (χ0) is 17.1. The summed E-state index contributed by atoms with van der Waals surface area (Å²) in [6.07, 6.45) is 6.67.